The lowest BCUT2D eigenvalue weighted by molar-refractivity contribution is 0.171. The molecular formula is C18H16N2O5S. The largest absolute Gasteiger partial charge is 0.486 e. The predicted octanol–water partition coefficient (Wildman–Crippen LogP) is 1.90. The van der Waals surface area contributed by atoms with Gasteiger partial charge in [0.05, 0.1) is 10.4 Å². The van der Waals surface area contributed by atoms with Crippen LogP contribution < -0.4 is 20.8 Å². The van der Waals surface area contributed by atoms with E-state index in [0.29, 0.717) is 41.3 Å². The number of hydrogen-bond acceptors (Lipinski definition) is 6. The Labute approximate surface area is 149 Å². The highest BCUT2D eigenvalue weighted by Crippen LogP contribution is 2.33. The molecule has 7 nitrogen and oxygen atoms in total. The molecule has 2 heterocycles. The van der Waals surface area contributed by atoms with Crippen LogP contribution in [-0.2, 0) is 10.0 Å². The summed E-state index contributed by atoms with van der Waals surface area (Å²) >= 11 is 0. The first-order valence-corrected chi connectivity index (χ1v) is 9.39. The van der Waals surface area contributed by atoms with E-state index in [9.17, 15) is 13.2 Å². The summed E-state index contributed by atoms with van der Waals surface area (Å²) in [5, 5.41) is 0.609. The summed E-state index contributed by atoms with van der Waals surface area (Å²) in [5.74, 6) is 0.808. The first-order valence-electron chi connectivity index (χ1n) is 7.95. The molecule has 2 aromatic carbocycles. The molecule has 2 N–H and O–H groups in total. The highest BCUT2D eigenvalue weighted by atomic mass is 32.2. The van der Waals surface area contributed by atoms with E-state index in [1.165, 1.54) is 24.3 Å². The standard InChI is InChI=1S/C18H16N2O5S/c1-11-8-12-2-3-13(19)9-15(12)20(18(11)21)26(22,23)14-4-5-16-17(10-14)25-7-6-24-16/h2-5,8-10H,6-7,19H2,1H3. The van der Waals surface area contributed by atoms with Crippen LogP contribution in [0.3, 0.4) is 0 Å². The number of fused-ring (bicyclic) bond motifs is 2. The van der Waals surface area contributed by atoms with Gasteiger partial charge in [0, 0.05) is 17.3 Å². The minimum Gasteiger partial charge on any atom is -0.486 e. The van der Waals surface area contributed by atoms with Gasteiger partial charge < -0.3 is 15.2 Å². The lowest BCUT2D eigenvalue weighted by Gasteiger charge is -2.19. The summed E-state index contributed by atoms with van der Waals surface area (Å²) in [4.78, 5) is 12.6. The van der Waals surface area contributed by atoms with Crippen LogP contribution in [0, 0.1) is 6.92 Å². The first-order chi connectivity index (χ1) is 12.4. The molecule has 0 atom stereocenters. The first kappa shape index (κ1) is 16.5. The number of nitrogens with zero attached hydrogens (tertiary/aromatic N) is 1. The van der Waals surface area contributed by atoms with Gasteiger partial charge in [0.1, 0.15) is 13.2 Å². The van der Waals surface area contributed by atoms with Gasteiger partial charge in [0.15, 0.2) is 11.5 Å². The van der Waals surface area contributed by atoms with Crippen LogP contribution in [0.4, 0.5) is 5.69 Å². The highest BCUT2D eigenvalue weighted by molar-refractivity contribution is 7.90. The van der Waals surface area contributed by atoms with Gasteiger partial charge in [-0.05, 0) is 42.6 Å². The summed E-state index contributed by atoms with van der Waals surface area (Å²) in [5.41, 5.74) is 6.12. The normalized spacial score (nSPS) is 13.7. The Morgan fingerprint density at radius 1 is 1.00 bits per heavy atom. The Bertz CT molecular complexity index is 1200. The lowest BCUT2D eigenvalue weighted by Crippen LogP contribution is -2.29. The molecule has 0 saturated heterocycles. The van der Waals surface area contributed by atoms with Gasteiger partial charge in [0.2, 0.25) is 0 Å². The summed E-state index contributed by atoms with van der Waals surface area (Å²) in [7, 11) is -4.16. The molecule has 0 radical (unpaired) electrons. The molecule has 4 rings (SSSR count). The molecule has 134 valence electrons. The molecule has 1 aromatic heterocycles. The smallest absolute Gasteiger partial charge is 0.271 e. The molecule has 0 saturated carbocycles. The predicted molar refractivity (Wildman–Crippen MR) is 97.4 cm³/mol. The van der Waals surface area contributed by atoms with Crippen molar-refractivity contribution < 1.29 is 17.9 Å². The maximum absolute atomic E-state index is 13.2. The summed E-state index contributed by atoms with van der Waals surface area (Å²) in [6.07, 6.45) is 0. The number of aryl methyl sites for hydroxylation is 1. The van der Waals surface area contributed by atoms with Crippen molar-refractivity contribution in [1.29, 1.82) is 0 Å². The van der Waals surface area contributed by atoms with E-state index >= 15 is 0 Å². The summed E-state index contributed by atoms with van der Waals surface area (Å²) < 4.78 is 38.2. The Kier molecular flexibility index (Phi) is 3.66. The second kappa shape index (κ2) is 5.77. The summed E-state index contributed by atoms with van der Waals surface area (Å²) in [6, 6.07) is 10.8. The fourth-order valence-electron chi connectivity index (χ4n) is 2.95. The van der Waals surface area contributed by atoms with Crippen molar-refractivity contribution >= 4 is 26.6 Å². The Morgan fingerprint density at radius 3 is 2.50 bits per heavy atom. The van der Waals surface area contributed by atoms with E-state index in [2.05, 4.69) is 0 Å². The van der Waals surface area contributed by atoms with E-state index in [-0.39, 0.29) is 10.4 Å². The van der Waals surface area contributed by atoms with Crippen LogP contribution in [0.25, 0.3) is 10.9 Å². The van der Waals surface area contributed by atoms with Crippen LogP contribution in [0.5, 0.6) is 11.5 Å². The number of aromatic nitrogens is 1. The molecule has 3 aromatic rings. The third-order valence-corrected chi connectivity index (χ3v) is 5.91. The van der Waals surface area contributed by atoms with Crippen molar-refractivity contribution in [2.45, 2.75) is 11.8 Å². The minimum atomic E-state index is -4.16. The third-order valence-electron chi connectivity index (χ3n) is 4.22. The molecule has 0 spiro atoms. The molecule has 8 heteroatoms. The van der Waals surface area contributed by atoms with Gasteiger partial charge >= 0.3 is 0 Å². The van der Waals surface area contributed by atoms with Gasteiger partial charge in [-0.2, -0.15) is 3.97 Å². The van der Waals surface area contributed by atoms with E-state index in [0.717, 1.165) is 3.97 Å². The van der Waals surface area contributed by atoms with Crippen molar-refractivity contribution in [2.24, 2.45) is 0 Å². The van der Waals surface area contributed by atoms with Crippen molar-refractivity contribution in [2.75, 3.05) is 18.9 Å². The molecule has 0 aliphatic carbocycles. The van der Waals surface area contributed by atoms with Crippen molar-refractivity contribution in [1.82, 2.24) is 3.97 Å². The van der Waals surface area contributed by atoms with E-state index in [1.54, 1.807) is 25.1 Å². The molecule has 0 bridgehead atoms. The van der Waals surface area contributed by atoms with Gasteiger partial charge in [-0.1, -0.05) is 6.07 Å². The van der Waals surface area contributed by atoms with Crippen molar-refractivity contribution in [3.8, 4) is 11.5 Å². The average molecular weight is 372 g/mol. The molecular weight excluding hydrogens is 356 g/mol. The Balaban J connectivity index is 2.01. The number of benzene rings is 2. The van der Waals surface area contributed by atoms with Gasteiger partial charge in [-0.15, -0.1) is 0 Å². The zero-order valence-corrected chi connectivity index (χ0v) is 14.7. The molecule has 0 fully saturated rings. The molecule has 1 aliphatic rings. The maximum Gasteiger partial charge on any atom is 0.271 e. The van der Waals surface area contributed by atoms with Crippen LogP contribution >= 0.6 is 0 Å². The third kappa shape index (κ3) is 2.50. The molecule has 1 aliphatic heterocycles. The molecule has 0 amide bonds. The fourth-order valence-corrected chi connectivity index (χ4v) is 4.44. The van der Waals surface area contributed by atoms with Gasteiger partial charge in [-0.3, -0.25) is 4.79 Å². The number of nitrogens with two attached hydrogens (primary N) is 1. The number of ether oxygens (including phenoxy) is 2. The van der Waals surface area contributed by atoms with Crippen LogP contribution in [-0.4, -0.2) is 25.6 Å². The van der Waals surface area contributed by atoms with Crippen molar-refractivity contribution in [3.05, 3.63) is 58.4 Å². The van der Waals surface area contributed by atoms with Crippen LogP contribution in [0.1, 0.15) is 5.56 Å². The lowest BCUT2D eigenvalue weighted by atomic mass is 10.1. The van der Waals surface area contributed by atoms with E-state index in [4.69, 9.17) is 15.2 Å². The van der Waals surface area contributed by atoms with Crippen molar-refractivity contribution in [3.63, 3.8) is 0 Å². The zero-order valence-electron chi connectivity index (χ0n) is 13.9. The number of pyridine rings is 1. The second-order valence-corrected chi connectivity index (χ2v) is 7.81. The molecule has 26 heavy (non-hydrogen) atoms. The second-order valence-electron chi connectivity index (χ2n) is 6.03. The number of nitrogen functional groups attached to an aromatic ring is 1. The van der Waals surface area contributed by atoms with Gasteiger partial charge in [-0.25, -0.2) is 8.42 Å². The average Bonchev–Trinajstić information content (AvgIpc) is 2.62. The number of rotatable bonds is 2. The maximum atomic E-state index is 13.2. The summed E-state index contributed by atoms with van der Waals surface area (Å²) in [6.45, 7) is 2.31. The number of hydrogen-bond donors (Lipinski definition) is 1. The Morgan fingerprint density at radius 2 is 1.73 bits per heavy atom. The SMILES string of the molecule is Cc1cc2ccc(N)cc2n(S(=O)(=O)c2ccc3c(c2)OCCO3)c1=O. The van der Waals surface area contributed by atoms with E-state index in [1.807, 2.05) is 0 Å². The monoisotopic (exact) mass is 372 g/mol. The quantitative estimate of drug-likeness (QED) is 0.690. The van der Waals surface area contributed by atoms with E-state index < -0.39 is 15.6 Å². The molecule has 0 unspecified atom stereocenters. The number of anilines is 1. The van der Waals surface area contributed by atoms with Crippen LogP contribution in [0.2, 0.25) is 0 Å². The topological polar surface area (TPSA) is 101 Å². The fraction of sp³-hybridized carbons (Fsp3) is 0.167. The van der Waals surface area contributed by atoms with Crippen LogP contribution in [0.15, 0.2) is 52.2 Å². The minimum absolute atomic E-state index is 0.0572. The Hall–Kier alpha value is -3.00. The zero-order chi connectivity index (χ0) is 18.5. The highest BCUT2D eigenvalue weighted by Gasteiger charge is 2.24. The van der Waals surface area contributed by atoms with Gasteiger partial charge in [0.25, 0.3) is 15.6 Å².